The van der Waals surface area contributed by atoms with Crippen LogP contribution in [0.15, 0.2) is 42.0 Å². The van der Waals surface area contributed by atoms with E-state index >= 15 is 0 Å². The van der Waals surface area contributed by atoms with Gasteiger partial charge < -0.3 is 24.8 Å². The molecule has 0 unspecified atom stereocenters. The fourth-order valence-corrected chi connectivity index (χ4v) is 18.9. The Morgan fingerprint density at radius 1 is 0.783 bits per heavy atom. The van der Waals surface area contributed by atoms with Crippen molar-refractivity contribution in [3.63, 3.8) is 0 Å². The third kappa shape index (κ3) is 4.53. The molecule has 0 nitrogen and oxygen atoms in total. The van der Waals surface area contributed by atoms with Crippen molar-refractivity contribution in [2.24, 2.45) is 0 Å². The van der Waals surface area contributed by atoms with Gasteiger partial charge in [0.15, 0.2) is 0 Å². The van der Waals surface area contributed by atoms with Gasteiger partial charge in [0.1, 0.15) is 0 Å². The van der Waals surface area contributed by atoms with Crippen LogP contribution < -0.4 is 24.8 Å². The van der Waals surface area contributed by atoms with Crippen molar-refractivity contribution < 1.29 is 45.1 Å². The van der Waals surface area contributed by atoms with Crippen LogP contribution in [0.5, 0.6) is 0 Å². The first-order valence-electron chi connectivity index (χ1n) is 9.10. The second kappa shape index (κ2) is 9.79. The van der Waals surface area contributed by atoms with Crippen molar-refractivity contribution in [3.8, 4) is 0 Å². The van der Waals surface area contributed by atoms with Crippen LogP contribution in [0.4, 0.5) is 0 Å². The molecule has 3 rings (SSSR count). The van der Waals surface area contributed by atoms with Gasteiger partial charge in [0.05, 0.1) is 0 Å². The summed E-state index contributed by atoms with van der Waals surface area (Å²) in [5.74, 6) is 0. The first kappa shape index (κ1) is 21.5. The first-order chi connectivity index (χ1) is 10.3. The second-order valence-corrected chi connectivity index (χ2v) is 17.8. The van der Waals surface area contributed by atoms with Gasteiger partial charge in [-0.1, -0.05) is 0 Å². The number of rotatable bonds is 8. The molecule has 0 amide bonds. The van der Waals surface area contributed by atoms with E-state index in [1.165, 1.54) is 51.4 Å². The molecule has 0 aromatic heterocycles. The topological polar surface area (TPSA) is 0 Å². The van der Waals surface area contributed by atoms with Crippen molar-refractivity contribution >= 4 is 0 Å². The molecule has 0 aromatic carbocycles. The molecular formula is C20H30Cl2Zr. The zero-order valence-electron chi connectivity index (χ0n) is 14.6. The normalized spacial score (nSPS) is 19.4. The SMILES string of the molecule is CCCCC1=[C]([Zr+2]2([C]3=C(CCCC)C=CC3)[CH2][CH2]2)CC=C1.[Cl-].[Cl-]. The molecule has 1 heterocycles. The van der Waals surface area contributed by atoms with Crippen LogP contribution in [0.3, 0.4) is 0 Å². The number of allylic oxidation sites excluding steroid dienone is 8. The summed E-state index contributed by atoms with van der Waals surface area (Å²) < 4.78 is 7.25. The van der Waals surface area contributed by atoms with E-state index in [0.717, 1.165) is 0 Å². The van der Waals surface area contributed by atoms with Crippen LogP contribution in [-0.4, -0.2) is 0 Å². The first-order valence-corrected chi connectivity index (χ1v) is 15.0. The van der Waals surface area contributed by atoms with E-state index in [-0.39, 0.29) is 24.8 Å². The summed E-state index contributed by atoms with van der Waals surface area (Å²) in [6.45, 7) is 4.64. The van der Waals surface area contributed by atoms with Gasteiger partial charge in [-0.25, -0.2) is 0 Å². The summed E-state index contributed by atoms with van der Waals surface area (Å²) in [6.07, 6.45) is 20.7. The van der Waals surface area contributed by atoms with E-state index in [1.54, 1.807) is 19.4 Å². The number of hydrogen-bond acceptors (Lipinski definition) is 0. The molecule has 0 bridgehead atoms. The van der Waals surface area contributed by atoms with E-state index in [2.05, 4.69) is 38.2 Å². The fourth-order valence-electron chi connectivity index (χ4n) is 4.22. The van der Waals surface area contributed by atoms with Gasteiger partial charge in [-0.3, -0.25) is 0 Å². The van der Waals surface area contributed by atoms with Gasteiger partial charge in [-0.15, -0.1) is 0 Å². The minimum absolute atomic E-state index is 0. The van der Waals surface area contributed by atoms with E-state index in [4.69, 9.17) is 0 Å². The Labute approximate surface area is 159 Å². The van der Waals surface area contributed by atoms with Gasteiger partial charge in [0, 0.05) is 0 Å². The number of hydrogen-bond donors (Lipinski definition) is 0. The molecule has 1 aliphatic heterocycles. The summed E-state index contributed by atoms with van der Waals surface area (Å²) >= 11 is -2.03. The van der Waals surface area contributed by atoms with Crippen LogP contribution >= 0.6 is 0 Å². The minimum Gasteiger partial charge on any atom is -1.00 e. The molecule has 0 saturated carbocycles. The zero-order valence-corrected chi connectivity index (χ0v) is 18.6. The predicted octanol–water partition coefficient (Wildman–Crippen LogP) is 0.807. The van der Waals surface area contributed by atoms with E-state index in [9.17, 15) is 0 Å². The van der Waals surface area contributed by atoms with Crippen molar-refractivity contribution in [1.29, 1.82) is 0 Å². The van der Waals surface area contributed by atoms with Crippen molar-refractivity contribution in [3.05, 3.63) is 42.0 Å². The molecule has 0 radical (unpaired) electrons. The zero-order chi connectivity index (χ0) is 14.7. The van der Waals surface area contributed by atoms with Gasteiger partial charge in [-0.2, -0.15) is 0 Å². The monoisotopic (exact) mass is 430 g/mol. The quantitative estimate of drug-likeness (QED) is 0.533. The molecule has 1 saturated heterocycles. The molecular weight excluding hydrogens is 402 g/mol. The van der Waals surface area contributed by atoms with Gasteiger partial charge in [-0.05, 0) is 0 Å². The Balaban J connectivity index is 0.00000132. The van der Waals surface area contributed by atoms with Crippen molar-refractivity contribution in [2.45, 2.75) is 73.5 Å². The molecule has 0 atom stereocenters. The van der Waals surface area contributed by atoms with Crippen LogP contribution in [0, 0.1) is 0 Å². The third-order valence-electron chi connectivity index (χ3n) is 5.56. The molecule has 1 fully saturated rings. The molecule has 0 N–H and O–H groups in total. The summed E-state index contributed by atoms with van der Waals surface area (Å²) in [5.41, 5.74) is 3.55. The smallest absolute Gasteiger partial charge is 1.00 e. The molecule has 0 aromatic rings. The van der Waals surface area contributed by atoms with Crippen molar-refractivity contribution in [2.75, 3.05) is 0 Å². The Kier molecular flexibility index (Phi) is 9.14. The molecule has 0 spiro atoms. The maximum Gasteiger partial charge on any atom is -1.00 e. The Hall–Kier alpha value is 0.423. The van der Waals surface area contributed by atoms with Crippen LogP contribution in [0.1, 0.15) is 65.2 Å². The average Bonchev–Trinajstić information content (AvgIpc) is 2.96. The fraction of sp³-hybridized carbons (Fsp3) is 0.600. The Morgan fingerprint density at radius 3 is 1.57 bits per heavy atom. The Morgan fingerprint density at radius 2 is 1.22 bits per heavy atom. The summed E-state index contributed by atoms with van der Waals surface area (Å²) in [6, 6.07) is 0. The molecule has 2 aliphatic carbocycles. The maximum atomic E-state index is 2.48. The van der Waals surface area contributed by atoms with E-state index in [0.29, 0.717) is 0 Å². The number of halogens is 2. The van der Waals surface area contributed by atoms with Crippen LogP contribution in [-0.2, 0) is 20.3 Å². The van der Waals surface area contributed by atoms with Gasteiger partial charge in [0.25, 0.3) is 0 Å². The minimum atomic E-state index is -2.03. The summed E-state index contributed by atoms with van der Waals surface area (Å²) in [5, 5.41) is 0. The second-order valence-electron chi connectivity index (χ2n) is 7.01. The predicted molar refractivity (Wildman–Crippen MR) is 90.2 cm³/mol. The van der Waals surface area contributed by atoms with Crippen LogP contribution in [0.2, 0.25) is 8.26 Å². The Bertz CT molecular complexity index is 478. The maximum absolute atomic E-state index is 2.48. The average molecular weight is 433 g/mol. The molecule has 3 aliphatic rings. The van der Waals surface area contributed by atoms with Crippen LogP contribution in [0.25, 0.3) is 0 Å². The van der Waals surface area contributed by atoms with Gasteiger partial charge >= 0.3 is 136 Å². The molecule has 23 heavy (non-hydrogen) atoms. The molecule has 128 valence electrons. The molecule has 3 heteroatoms. The van der Waals surface area contributed by atoms with E-state index < -0.39 is 20.3 Å². The third-order valence-corrected chi connectivity index (χ3v) is 17.5. The summed E-state index contributed by atoms with van der Waals surface area (Å²) in [7, 11) is 0. The summed E-state index contributed by atoms with van der Waals surface area (Å²) in [4.78, 5) is 0. The number of unbranched alkanes of at least 4 members (excludes halogenated alkanes) is 2. The largest absolute Gasteiger partial charge is 1.00 e. The van der Waals surface area contributed by atoms with E-state index in [1.807, 2.05) is 6.56 Å². The standard InChI is InChI=1S/2C9H13.C2H4.2ClH.Zr/c2*1-2-3-6-9-7-4-5-8-9;1-2;;;/h2*4,7H,2-3,5-6H2,1H3;1-2H2;2*1H;/q;;;;;+2/p-2. The van der Waals surface area contributed by atoms with Gasteiger partial charge in [0.2, 0.25) is 0 Å². The van der Waals surface area contributed by atoms with Crippen molar-refractivity contribution in [1.82, 2.24) is 0 Å².